The van der Waals surface area contributed by atoms with Crippen molar-refractivity contribution in [1.82, 2.24) is 15.4 Å². The fraction of sp³-hybridized carbons (Fsp3) is 0.360. The second-order valence-corrected chi connectivity index (χ2v) is 10.7. The first-order valence-corrected chi connectivity index (χ1v) is 12.6. The summed E-state index contributed by atoms with van der Waals surface area (Å²) in [6, 6.07) is 16.8. The predicted molar refractivity (Wildman–Crippen MR) is 131 cm³/mol. The summed E-state index contributed by atoms with van der Waals surface area (Å²) in [4.78, 5) is 25.0. The van der Waals surface area contributed by atoms with Gasteiger partial charge in [0.05, 0.1) is 0 Å². The van der Waals surface area contributed by atoms with Crippen molar-refractivity contribution in [2.45, 2.75) is 50.1 Å². The molecule has 0 saturated heterocycles. The maximum absolute atomic E-state index is 13.0. The van der Waals surface area contributed by atoms with E-state index in [-0.39, 0.29) is 18.5 Å². The summed E-state index contributed by atoms with van der Waals surface area (Å²) in [5.74, 6) is -0.726. The Kier molecular flexibility index (Phi) is 6.78. The van der Waals surface area contributed by atoms with Crippen molar-refractivity contribution in [3.8, 4) is 11.1 Å². The van der Waals surface area contributed by atoms with Crippen molar-refractivity contribution in [3.05, 3.63) is 70.6 Å². The third kappa shape index (κ3) is 5.08. The molecule has 0 bridgehead atoms. The first-order chi connectivity index (χ1) is 15.8. The van der Waals surface area contributed by atoms with Gasteiger partial charge in [0.15, 0.2) is 0 Å². The predicted octanol–water partition coefficient (Wildman–Crippen LogP) is 2.95. The van der Waals surface area contributed by atoms with Crippen LogP contribution >= 0.6 is 0 Å². The van der Waals surface area contributed by atoms with E-state index in [4.69, 9.17) is 5.21 Å². The fourth-order valence-electron chi connectivity index (χ4n) is 3.85. The van der Waals surface area contributed by atoms with E-state index in [1.165, 1.54) is 36.2 Å². The SMILES string of the molecule is CS(=O)C(C)(CCn1ccc2cc(-c3ccc(CNC4CC4)cc3)ccc2c1=O)C(=O)NO. The lowest BCUT2D eigenvalue weighted by Gasteiger charge is -2.24. The number of hydrogen-bond donors (Lipinski definition) is 3. The molecule has 3 aromatic rings. The van der Waals surface area contributed by atoms with E-state index < -0.39 is 21.5 Å². The van der Waals surface area contributed by atoms with Crippen LogP contribution in [0.1, 0.15) is 31.7 Å². The summed E-state index contributed by atoms with van der Waals surface area (Å²) in [5.41, 5.74) is 4.79. The summed E-state index contributed by atoms with van der Waals surface area (Å²) >= 11 is 0. The number of hydrogen-bond acceptors (Lipinski definition) is 5. The zero-order chi connectivity index (χ0) is 23.6. The molecule has 0 spiro atoms. The molecule has 1 aromatic heterocycles. The molecule has 1 saturated carbocycles. The lowest BCUT2D eigenvalue weighted by molar-refractivity contribution is -0.131. The molecule has 1 amide bonds. The zero-order valence-corrected chi connectivity index (χ0v) is 19.7. The monoisotopic (exact) mass is 467 g/mol. The van der Waals surface area contributed by atoms with Gasteiger partial charge < -0.3 is 9.88 Å². The van der Waals surface area contributed by atoms with Crippen LogP contribution in [0, 0.1) is 0 Å². The number of benzene rings is 2. The van der Waals surface area contributed by atoms with Crippen LogP contribution in [0.15, 0.2) is 59.5 Å². The van der Waals surface area contributed by atoms with Gasteiger partial charge in [0.1, 0.15) is 4.75 Å². The van der Waals surface area contributed by atoms with Gasteiger partial charge in [-0.2, -0.15) is 0 Å². The zero-order valence-electron chi connectivity index (χ0n) is 18.8. The van der Waals surface area contributed by atoms with E-state index in [2.05, 4.69) is 29.6 Å². The van der Waals surface area contributed by atoms with E-state index in [1.54, 1.807) is 11.7 Å². The van der Waals surface area contributed by atoms with E-state index in [9.17, 15) is 13.8 Å². The van der Waals surface area contributed by atoms with Crippen molar-refractivity contribution in [1.29, 1.82) is 0 Å². The third-order valence-corrected chi connectivity index (χ3v) is 8.14. The summed E-state index contributed by atoms with van der Waals surface area (Å²) in [6.07, 6.45) is 5.79. The number of carbonyl (C=O) groups excluding carboxylic acids is 1. The number of aromatic nitrogens is 1. The maximum atomic E-state index is 13.0. The minimum atomic E-state index is -1.52. The molecule has 0 radical (unpaired) electrons. The highest BCUT2D eigenvalue weighted by Crippen LogP contribution is 2.25. The van der Waals surface area contributed by atoms with Crippen molar-refractivity contribution < 1.29 is 14.2 Å². The molecule has 2 atom stereocenters. The summed E-state index contributed by atoms with van der Waals surface area (Å²) in [6.45, 7) is 2.60. The lowest BCUT2D eigenvalue weighted by Crippen LogP contribution is -2.47. The van der Waals surface area contributed by atoms with Gasteiger partial charge >= 0.3 is 0 Å². The van der Waals surface area contributed by atoms with Crippen LogP contribution in [0.3, 0.4) is 0 Å². The third-order valence-electron chi connectivity index (χ3n) is 6.48. The Bertz CT molecular complexity index is 1250. The fourth-order valence-corrected chi connectivity index (χ4v) is 4.53. The van der Waals surface area contributed by atoms with Crippen LogP contribution in [0.2, 0.25) is 0 Å². The van der Waals surface area contributed by atoms with Crippen LogP contribution in [-0.2, 0) is 28.7 Å². The van der Waals surface area contributed by atoms with Crippen LogP contribution in [-0.4, -0.2) is 36.9 Å². The number of pyridine rings is 1. The van der Waals surface area contributed by atoms with Gasteiger partial charge in [-0.3, -0.25) is 19.0 Å². The molecule has 174 valence electrons. The Morgan fingerprint density at radius 1 is 1.15 bits per heavy atom. The number of aryl methyl sites for hydroxylation is 1. The second-order valence-electron chi connectivity index (χ2n) is 8.84. The van der Waals surface area contributed by atoms with Crippen LogP contribution in [0.5, 0.6) is 0 Å². The van der Waals surface area contributed by atoms with E-state index in [0.29, 0.717) is 11.4 Å². The standard InChI is InChI=1S/C25H29N3O4S/c1-25(33(2)32,24(30)27-31)12-14-28-13-11-20-15-19(7-10-22(20)23(28)29)18-5-3-17(4-6-18)16-26-21-8-9-21/h3-7,10-11,13,15,21,26,31H,8-9,12,14,16H2,1-2H3,(H,27,30). The van der Waals surface area contributed by atoms with Gasteiger partial charge in [-0.15, -0.1) is 0 Å². The average molecular weight is 468 g/mol. The molecule has 1 fully saturated rings. The Morgan fingerprint density at radius 3 is 2.48 bits per heavy atom. The molecule has 2 aromatic carbocycles. The summed E-state index contributed by atoms with van der Waals surface area (Å²) in [7, 11) is -1.52. The highest BCUT2D eigenvalue weighted by atomic mass is 32.2. The smallest absolute Gasteiger partial charge is 0.261 e. The van der Waals surface area contributed by atoms with Crippen molar-refractivity contribution in [2.24, 2.45) is 0 Å². The van der Waals surface area contributed by atoms with E-state index >= 15 is 0 Å². The molecule has 7 nitrogen and oxygen atoms in total. The van der Waals surface area contributed by atoms with Crippen LogP contribution < -0.4 is 16.4 Å². The van der Waals surface area contributed by atoms with E-state index in [1.807, 2.05) is 24.3 Å². The van der Waals surface area contributed by atoms with Gasteiger partial charge in [0.25, 0.3) is 11.5 Å². The number of carbonyl (C=O) groups is 1. The normalized spacial score (nSPS) is 16.3. The molecule has 1 aliphatic carbocycles. The Morgan fingerprint density at radius 2 is 1.85 bits per heavy atom. The lowest BCUT2D eigenvalue weighted by atomic mass is 10.0. The van der Waals surface area contributed by atoms with Crippen molar-refractivity contribution >= 4 is 27.5 Å². The van der Waals surface area contributed by atoms with Gasteiger partial charge in [-0.05, 0) is 66.5 Å². The largest absolute Gasteiger partial charge is 0.315 e. The Labute approximate surface area is 195 Å². The number of fused-ring (bicyclic) bond motifs is 1. The van der Waals surface area contributed by atoms with Crippen molar-refractivity contribution in [2.75, 3.05) is 6.26 Å². The Balaban J connectivity index is 1.53. The quantitative estimate of drug-likeness (QED) is 0.332. The highest BCUT2D eigenvalue weighted by molar-refractivity contribution is 7.86. The van der Waals surface area contributed by atoms with E-state index in [0.717, 1.165) is 23.1 Å². The molecular formula is C25H29N3O4S. The van der Waals surface area contributed by atoms with Gasteiger partial charge in [-0.25, -0.2) is 5.48 Å². The van der Waals surface area contributed by atoms with Crippen molar-refractivity contribution in [3.63, 3.8) is 0 Å². The maximum Gasteiger partial charge on any atom is 0.261 e. The molecule has 8 heteroatoms. The minimum absolute atomic E-state index is 0.147. The average Bonchev–Trinajstić information content (AvgIpc) is 3.66. The molecular weight excluding hydrogens is 438 g/mol. The summed E-state index contributed by atoms with van der Waals surface area (Å²) < 4.78 is 12.3. The van der Waals surface area contributed by atoms with Gasteiger partial charge in [0.2, 0.25) is 0 Å². The number of rotatable bonds is 9. The van der Waals surface area contributed by atoms with Gasteiger partial charge in [-0.1, -0.05) is 30.3 Å². The number of hydroxylamine groups is 1. The number of amides is 1. The van der Waals surface area contributed by atoms with Crippen LogP contribution in [0.25, 0.3) is 21.9 Å². The Hall–Kier alpha value is -2.81. The second kappa shape index (κ2) is 9.59. The molecule has 4 rings (SSSR count). The molecule has 2 unspecified atom stereocenters. The molecule has 3 N–H and O–H groups in total. The number of nitrogens with one attached hydrogen (secondary N) is 2. The minimum Gasteiger partial charge on any atom is -0.315 e. The molecule has 1 heterocycles. The molecule has 33 heavy (non-hydrogen) atoms. The highest BCUT2D eigenvalue weighted by Gasteiger charge is 2.37. The first-order valence-electron chi connectivity index (χ1n) is 11.1. The summed E-state index contributed by atoms with van der Waals surface area (Å²) in [5, 5.41) is 13.9. The van der Waals surface area contributed by atoms with Crippen LogP contribution in [0.4, 0.5) is 0 Å². The molecule has 1 aliphatic rings. The first kappa shape index (κ1) is 23.4. The topological polar surface area (TPSA) is 100 Å². The van der Waals surface area contributed by atoms with Gasteiger partial charge in [0, 0.05) is 47.8 Å². The number of nitrogens with zero attached hydrogens (tertiary/aromatic N) is 1. The molecule has 0 aliphatic heterocycles.